The molecule has 0 radical (unpaired) electrons. The highest BCUT2D eigenvalue weighted by atomic mass is 16.5. The minimum absolute atomic E-state index is 0.0622. The van der Waals surface area contributed by atoms with Crippen molar-refractivity contribution in [2.24, 2.45) is 5.92 Å². The predicted octanol–water partition coefficient (Wildman–Crippen LogP) is 5.09. The van der Waals surface area contributed by atoms with Gasteiger partial charge in [0.15, 0.2) is 0 Å². The second-order valence-electron chi connectivity index (χ2n) is 8.52. The lowest BCUT2D eigenvalue weighted by molar-refractivity contribution is 0.201. The average molecular weight is 417 g/mol. The normalized spacial score (nSPS) is 18.6. The number of amides is 2. The monoisotopic (exact) mass is 416 g/mol. The van der Waals surface area contributed by atoms with Gasteiger partial charge in [-0.3, -0.25) is 10.00 Å². The molecule has 2 aromatic carbocycles. The van der Waals surface area contributed by atoms with Gasteiger partial charge in [0, 0.05) is 30.5 Å². The second kappa shape index (κ2) is 8.46. The summed E-state index contributed by atoms with van der Waals surface area (Å²) in [6, 6.07) is 16.5. The largest absolute Gasteiger partial charge is 0.493 e. The minimum atomic E-state index is 0.0622. The number of carbonyl (C=O) groups excluding carboxylic acids is 1. The number of anilines is 1. The maximum absolute atomic E-state index is 13.3. The Labute approximate surface area is 182 Å². The number of H-pyrrole nitrogens is 1. The van der Waals surface area contributed by atoms with Crippen LogP contribution in [-0.4, -0.2) is 40.3 Å². The molecule has 1 aromatic heterocycles. The van der Waals surface area contributed by atoms with Crippen molar-refractivity contribution in [3.8, 4) is 16.9 Å². The number of carbonyl (C=O) groups is 1. The van der Waals surface area contributed by atoms with Gasteiger partial charge < -0.3 is 9.64 Å². The number of nitrogens with zero attached hydrogens (tertiary/aromatic N) is 3. The number of hydrogen-bond acceptors (Lipinski definition) is 3. The Morgan fingerprint density at radius 1 is 1.13 bits per heavy atom. The van der Waals surface area contributed by atoms with Crippen LogP contribution < -0.4 is 9.64 Å². The van der Waals surface area contributed by atoms with Crippen LogP contribution in [0.2, 0.25) is 0 Å². The molecule has 1 N–H and O–H groups in total. The van der Waals surface area contributed by atoms with Crippen LogP contribution in [-0.2, 0) is 6.54 Å². The van der Waals surface area contributed by atoms with Crippen molar-refractivity contribution in [2.45, 2.75) is 38.8 Å². The maximum atomic E-state index is 13.3. The van der Waals surface area contributed by atoms with E-state index in [1.54, 1.807) is 6.20 Å². The van der Waals surface area contributed by atoms with E-state index in [0.29, 0.717) is 13.1 Å². The zero-order valence-corrected chi connectivity index (χ0v) is 17.8. The van der Waals surface area contributed by atoms with Crippen LogP contribution in [0.5, 0.6) is 5.75 Å². The van der Waals surface area contributed by atoms with Gasteiger partial charge in [0.1, 0.15) is 5.75 Å². The Morgan fingerprint density at radius 3 is 2.68 bits per heavy atom. The fraction of sp³-hybridized carbons (Fsp3) is 0.360. The van der Waals surface area contributed by atoms with Gasteiger partial charge in [-0.15, -0.1) is 0 Å². The molecule has 0 spiro atoms. The highest BCUT2D eigenvalue weighted by Gasteiger charge is 2.36. The van der Waals surface area contributed by atoms with Gasteiger partial charge in [-0.05, 0) is 60.6 Å². The fourth-order valence-corrected chi connectivity index (χ4v) is 4.13. The van der Waals surface area contributed by atoms with Crippen LogP contribution in [0.3, 0.4) is 0 Å². The second-order valence-corrected chi connectivity index (χ2v) is 8.52. The van der Waals surface area contributed by atoms with Crippen LogP contribution in [0.25, 0.3) is 11.1 Å². The number of benzene rings is 2. The van der Waals surface area contributed by atoms with Gasteiger partial charge in [0.05, 0.1) is 18.8 Å². The molecule has 31 heavy (non-hydrogen) atoms. The van der Waals surface area contributed by atoms with Gasteiger partial charge in [0.25, 0.3) is 0 Å². The summed E-state index contributed by atoms with van der Waals surface area (Å²) in [6.45, 7) is 4.25. The van der Waals surface area contributed by atoms with Crippen molar-refractivity contribution < 1.29 is 9.53 Å². The SMILES string of the molecule is CCC1CN(c2ccc(-c3cn[nH]c3)cc2)C(=O)N1Cc1cccc(OCC2CC2)c1. The van der Waals surface area contributed by atoms with Gasteiger partial charge >= 0.3 is 6.03 Å². The van der Waals surface area contributed by atoms with Crippen molar-refractivity contribution in [1.29, 1.82) is 0 Å². The molecule has 2 aliphatic rings. The third-order valence-corrected chi connectivity index (χ3v) is 6.23. The predicted molar refractivity (Wildman–Crippen MR) is 121 cm³/mol. The summed E-state index contributed by atoms with van der Waals surface area (Å²) >= 11 is 0. The van der Waals surface area contributed by atoms with Crippen LogP contribution in [0, 0.1) is 5.92 Å². The van der Waals surface area contributed by atoms with E-state index in [2.05, 4.69) is 29.3 Å². The average Bonchev–Trinajstić information content (AvgIpc) is 3.37. The van der Waals surface area contributed by atoms with E-state index in [0.717, 1.165) is 47.1 Å². The third kappa shape index (κ3) is 4.29. The molecule has 160 valence electrons. The van der Waals surface area contributed by atoms with Gasteiger partial charge in [-0.25, -0.2) is 4.79 Å². The van der Waals surface area contributed by atoms with E-state index in [1.165, 1.54) is 12.8 Å². The number of rotatable bonds is 8. The Kier molecular flexibility index (Phi) is 5.37. The van der Waals surface area contributed by atoms with Crippen molar-refractivity contribution in [2.75, 3.05) is 18.1 Å². The fourth-order valence-electron chi connectivity index (χ4n) is 4.13. The zero-order chi connectivity index (χ0) is 21.2. The van der Waals surface area contributed by atoms with Crippen LogP contribution in [0.1, 0.15) is 31.7 Å². The number of ether oxygens (including phenoxy) is 1. The van der Waals surface area contributed by atoms with E-state index >= 15 is 0 Å². The van der Waals surface area contributed by atoms with Gasteiger partial charge in [-0.1, -0.05) is 31.2 Å². The van der Waals surface area contributed by atoms with E-state index in [1.807, 2.05) is 52.4 Å². The lowest BCUT2D eigenvalue weighted by Crippen LogP contribution is -2.34. The highest BCUT2D eigenvalue weighted by Crippen LogP contribution is 2.31. The molecule has 0 bridgehead atoms. The molecule has 5 rings (SSSR count). The molecule has 1 aliphatic carbocycles. The number of aromatic nitrogens is 2. The maximum Gasteiger partial charge on any atom is 0.325 e. The van der Waals surface area contributed by atoms with Crippen LogP contribution >= 0.6 is 0 Å². The van der Waals surface area contributed by atoms with E-state index in [-0.39, 0.29) is 12.1 Å². The molecule has 1 atom stereocenters. The molecule has 1 aliphatic heterocycles. The molecule has 6 heteroatoms. The first-order valence-electron chi connectivity index (χ1n) is 11.1. The molecular formula is C25H28N4O2. The van der Waals surface area contributed by atoms with Crippen LogP contribution in [0.15, 0.2) is 60.9 Å². The summed E-state index contributed by atoms with van der Waals surface area (Å²) < 4.78 is 5.93. The zero-order valence-electron chi connectivity index (χ0n) is 17.8. The summed E-state index contributed by atoms with van der Waals surface area (Å²) in [5.41, 5.74) is 4.16. The molecule has 6 nitrogen and oxygen atoms in total. The summed E-state index contributed by atoms with van der Waals surface area (Å²) in [5.74, 6) is 1.62. The number of urea groups is 1. The van der Waals surface area contributed by atoms with Crippen molar-refractivity contribution in [1.82, 2.24) is 15.1 Å². The molecule has 1 saturated heterocycles. The molecule has 1 saturated carbocycles. The van der Waals surface area contributed by atoms with Crippen molar-refractivity contribution in [3.05, 3.63) is 66.5 Å². The summed E-state index contributed by atoms with van der Waals surface area (Å²) in [4.78, 5) is 17.2. The number of hydrogen-bond donors (Lipinski definition) is 1. The standard InChI is InChI=1S/C25H28N4O2/c1-2-22-16-29(23-10-8-20(9-11-23)21-13-26-27-14-21)25(30)28(22)15-19-4-3-5-24(12-19)31-17-18-6-7-18/h3-5,8-14,18,22H,2,6-7,15-17H2,1H3,(H,26,27). The minimum Gasteiger partial charge on any atom is -0.493 e. The Balaban J connectivity index is 1.29. The number of aromatic amines is 1. The van der Waals surface area contributed by atoms with E-state index in [9.17, 15) is 4.79 Å². The molecule has 2 heterocycles. The third-order valence-electron chi connectivity index (χ3n) is 6.23. The summed E-state index contributed by atoms with van der Waals surface area (Å²) in [6.07, 6.45) is 7.14. The quantitative estimate of drug-likeness (QED) is 0.557. The van der Waals surface area contributed by atoms with Gasteiger partial charge in [0.2, 0.25) is 0 Å². The summed E-state index contributed by atoms with van der Waals surface area (Å²) in [7, 11) is 0. The van der Waals surface area contributed by atoms with Crippen LogP contribution in [0.4, 0.5) is 10.5 Å². The molecule has 2 amide bonds. The molecular weight excluding hydrogens is 388 g/mol. The highest BCUT2D eigenvalue weighted by molar-refractivity contribution is 5.94. The molecule has 2 fully saturated rings. The Morgan fingerprint density at radius 2 is 1.97 bits per heavy atom. The molecule has 1 unspecified atom stereocenters. The molecule has 3 aromatic rings. The topological polar surface area (TPSA) is 61.5 Å². The van der Waals surface area contributed by atoms with Crippen molar-refractivity contribution >= 4 is 11.7 Å². The van der Waals surface area contributed by atoms with E-state index < -0.39 is 0 Å². The van der Waals surface area contributed by atoms with Gasteiger partial charge in [-0.2, -0.15) is 5.10 Å². The Bertz CT molecular complexity index is 1030. The smallest absolute Gasteiger partial charge is 0.325 e. The lowest BCUT2D eigenvalue weighted by atomic mass is 10.1. The van der Waals surface area contributed by atoms with Crippen molar-refractivity contribution in [3.63, 3.8) is 0 Å². The lowest BCUT2D eigenvalue weighted by Gasteiger charge is -2.22. The summed E-state index contributed by atoms with van der Waals surface area (Å²) in [5, 5.41) is 6.84. The first kappa shape index (κ1) is 19.7. The Hall–Kier alpha value is -3.28. The first-order valence-corrected chi connectivity index (χ1v) is 11.1. The van der Waals surface area contributed by atoms with E-state index in [4.69, 9.17) is 4.74 Å². The number of nitrogens with one attached hydrogen (secondary N) is 1. The first-order chi connectivity index (χ1) is 15.2.